The van der Waals surface area contributed by atoms with Gasteiger partial charge in [-0.2, -0.15) is 74.6 Å². The van der Waals surface area contributed by atoms with Crippen LogP contribution in [0.5, 0.6) is 0 Å². The van der Waals surface area contributed by atoms with Crippen molar-refractivity contribution in [3.05, 3.63) is 34.4 Å². The average molecular weight is 803 g/mol. The molecule has 0 amide bonds. The van der Waals surface area contributed by atoms with Gasteiger partial charge >= 0.3 is 47.6 Å². The van der Waals surface area contributed by atoms with Crippen molar-refractivity contribution in [2.24, 2.45) is 17.8 Å². The van der Waals surface area contributed by atoms with Gasteiger partial charge in [0.25, 0.3) is 0 Å². The van der Waals surface area contributed by atoms with Crippen LogP contribution in [0.15, 0.2) is 0 Å². The lowest BCUT2D eigenvalue weighted by molar-refractivity contribution is -0.463. The van der Waals surface area contributed by atoms with Gasteiger partial charge in [-0.25, -0.2) is 17.6 Å². The molecule has 302 valence electrons. The summed E-state index contributed by atoms with van der Waals surface area (Å²) in [6.07, 6.45) is -0.565. The quantitative estimate of drug-likeness (QED) is 0.106. The zero-order chi connectivity index (χ0) is 40.3. The first-order valence-electron chi connectivity index (χ1n) is 16.0. The Morgan fingerprint density at radius 3 is 1.19 bits per heavy atom. The smallest absolute Gasteiger partial charge is 0.203 e. The van der Waals surface area contributed by atoms with Gasteiger partial charge in [-0.15, -0.1) is 0 Å². The maximum absolute atomic E-state index is 15.0. The molecule has 0 saturated heterocycles. The van der Waals surface area contributed by atoms with Crippen molar-refractivity contribution in [3.8, 4) is 0 Å². The van der Waals surface area contributed by atoms with Crippen molar-refractivity contribution in [1.82, 2.24) is 0 Å². The third-order valence-electron chi connectivity index (χ3n) is 10.3. The highest BCUT2D eigenvalue weighted by Gasteiger charge is 2.95. The third-order valence-corrected chi connectivity index (χ3v) is 10.3. The molecule has 1 aromatic carbocycles. The van der Waals surface area contributed by atoms with Gasteiger partial charge in [0, 0.05) is 5.56 Å². The summed E-state index contributed by atoms with van der Waals surface area (Å²) in [7, 11) is 0. The van der Waals surface area contributed by atoms with E-state index in [2.05, 4.69) is 0 Å². The van der Waals surface area contributed by atoms with Crippen LogP contribution in [0.25, 0.3) is 0 Å². The highest BCUT2D eigenvalue weighted by atomic mass is 19.4. The number of alkyl halides is 17. The predicted molar refractivity (Wildman–Crippen MR) is 140 cm³/mol. The first-order valence-corrected chi connectivity index (χ1v) is 16.0. The molecule has 0 atom stereocenters. The van der Waals surface area contributed by atoms with Crippen LogP contribution in [-0.2, 0) is 5.92 Å². The maximum atomic E-state index is 15.0. The van der Waals surface area contributed by atoms with Gasteiger partial charge in [-0.05, 0) is 62.2 Å². The Labute approximate surface area is 282 Å². The molecule has 2 aliphatic carbocycles. The minimum atomic E-state index is -9.03. The standard InChI is InChI=1S/C31H31F21/c1-2-3-4-5-14-6-8-15(9-7-14)16-10-12-17(13-11-16)18-20(32)22(34)19(23(35)21(18)33)24(36,37)25(38,39)26(40,41)27(42,43)28(44,45)29(46,47)30(48,49)31(50,51)52/h14-17H,2-13H2,1H3. The molecule has 0 bridgehead atoms. The van der Waals surface area contributed by atoms with Crippen LogP contribution >= 0.6 is 0 Å². The van der Waals surface area contributed by atoms with Crippen molar-refractivity contribution >= 4 is 0 Å². The first-order chi connectivity index (χ1) is 23.4. The summed E-state index contributed by atoms with van der Waals surface area (Å²) in [5.74, 6) is -74.5. The summed E-state index contributed by atoms with van der Waals surface area (Å²) in [5, 5.41) is 0. The molecule has 0 N–H and O–H groups in total. The van der Waals surface area contributed by atoms with Gasteiger partial charge < -0.3 is 0 Å². The summed E-state index contributed by atoms with van der Waals surface area (Å²) in [6, 6.07) is 0. The van der Waals surface area contributed by atoms with Crippen molar-refractivity contribution in [2.45, 2.75) is 138 Å². The first kappa shape index (κ1) is 44.1. The van der Waals surface area contributed by atoms with E-state index in [4.69, 9.17) is 0 Å². The average Bonchev–Trinajstić information content (AvgIpc) is 3.03. The largest absolute Gasteiger partial charge is 0.460 e. The molecule has 2 aliphatic rings. The monoisotopic (exact) mass is 802 g/mol. The summed E-state index contributed by atoms with van der Waals surface area (Å²) < 4.78 is 292. The summed E-state index contributed by atoms with van der Waals surface area (Å²) in [6.45, 7) is 2.05. The molecule has 0 heterocycles. The van der Waals surface area contributed by atoms with Crippen LogP contribution in [0.4, 0.5) is 92.2 Å². The van der Waals surface area contributed by atoms with E-state index in [1.807, 2.05) is 6.92 Å². The molecule has 2 saturated carbocycles. The molecule has 0 radical (unpaired) electrons. The molecule has 0 nitrogen and oxygen atoms in total. The second-order valence-electron chi connectivity index (χ2n) is 13.5. The fourth-order valence-corrected chi connectivity index (χ4v) is 7.11. The van der Waals surface area contributed by atoms with E-state index < -0.39 is 87.9 Å². The number of halogens is 21. The fraction of sp³-hybridized carbons (Fsp3) is 0.806. The molecular weight excluding hydrogens is 771 g/mol. The highest BCUT2D eigenvalue weighted by molar-refractivity contribution is 5.37. The molecule has 0 aliphatic heterocycles. The Kier molecular flexibility index (Phi) is 12.3. The van der Waals surface area contributed by atoms with Gasteiger partial charge in [0.05, 0.1) is 0 Å². The number of hydrogen-bond acceptors (Lipinski definition) is 0. The molecule has 0 unspecified atom stereocenters. The number of benzene rings is 1. The van der Waals surface area contributed by atoms with E-state index in [0.717, 1.165) is 51.4 Å². The van der Waals surface area contributed by atoms with Crippen LogP contribution in [0.3, 0.4) is 0 Å². The Bertz CT molecular complexity index is 1370. The predicted octanol–water partition coefficient (Wildman–Crippen LogP) is 13.4. The highest BCUT2D eigenvalue weighted by Crippen LogP contribution is 2.65. The molecule has 0 spiro atoms. The minimum absolute atomic E-state index is 0.0542. The molecular formula is C31H31F21. The van der Waals surface area contributed by atoms with Crippen molar-refractivity contribution in [1.29, 1.82) is 0 Å². The number of unbranched alkanes of at least 4 members (excludes halogenated alkanes) is 2. The second kappa shape index (κ2) is 14.4. The zero-order valence-corrected chi connectivity index (χ0v) is 26.7. The molecule has 21 heteroatoms. The molecule has 1 aromatic rings. The lowest BCUT2D eigenvalue weighted by Gasteiger charge is -2.43. The Morgan fingerprint density at radius 2 is 0.808 bits per heavy atom. The third kappa shape index (κ3) is 6.81. The van der Waals surface area contributed by atoms with E-state index in [1.165, 1.54) is 0 Å². The Hall–Kier alpha value is -2.25. The lowest BCUT2D eigenvalue weighted by Crippen LogP contribution is -2.74. The van der Waals surface area contributed by atoms with Crippen LogP contribution in [0.1, 0.15) is 101 Å². The molecule has 0 aromatic heterocycles. The fourth-order valence-electron chi connectivity index (χ4n) is 7.11. The number of rotatable bonds is 13. The van der Waals surface area contributed by atoms with E-state index >= 15 is 8.78 Å². The van der Waals surface area contributed by atoms with Crippen LogP contribution < -0.4 is 0 Å². The molecule has 3 rings (SSSR count). The van der Waals surface area contributed by atoms with E-state index in [1.54, 1.807) is 0 Å². The van der Waals surface area contributed by atoms with Gasteiger partial charge in [0.15, 0.2) is 23.3 Å². The molecule has 2 fully saturated rings. The normalized spacial score (nSPS) is 23.7. The van der Waals surface area contributed by atoms with Gasteiger partial charge in [0.1, 0.15) is 5.56 Å². The lowest BCUT2D eigenvalue weighted by atomic mass is 9.67. The Balaban J connectivity index is 1.93. The van der Waals surface area contributed by atoms with Crippen molar-refractivity contribution < 1.29 is 92.2 Å². The van der Waals surface area contributed by atoms with Crippen LogP contribution in [0, 0.1) is 41.0 Å². The second-order valence-corrected chi connectivity index (χ2v) is 13.5. The van der Waals surface area contributed by atoms with Crippen molar-refractivity contribution in [2.75, 3.05) is 0 Å². The van der Waals surface area contributed by atoms with Gasteiger partial charge in [0.2, 0.25) is 0 Å². The van der Waals surface area contributed by atoms with E-state index in [0.29, 0.717) is 5.92 Å². The summed E-state index contributed by atoms with van der Waals surface area (Å²) >= 11 is 0. The van der Waals surface area contributed by atoms with Crippen molar-refractivity contribution in [3.63, 3.8) is 0 Å². The van der Waals surface area contributed by atoms with Gasteiger partial charge in [-0.1, -0.05) is 45.4 Å². The number of hydrogen-bond donors (Lipinski definition) is 0. The zero-order valence-electron chi connectivity index (χ0n) is 26.7. The minimum Gasteiger partial charge on any atom is -0.203 e. The molecule has 52 heavy (non-hydrogen) atoms. The maximum Gasteiger partial charge on any atom is 0.460 e. The van der Waals surface area contributed by atoms with Gasteiger partial charge in [-0.3, -0.25) is 0 Å². The van der Waals surface area contributed by atoms with E-state index in [-0.39, 0.29) is 37.5 Å². The Morgan fingerprint density at radius 1 is 0.442 bits per heavy atom. The van der Waals surface area contributed by atoms with E-state index in [9.17, 15) is 83.4 Å². The summed E-state index contributed by atoms with van der Waals surface area (Å²) in [4.78, 5) is 0. The van der Waals surface area contributed by atoms with Crippen LogP contribution in [-0.4, -0.2) is 41.7 Å². The SMILES string of the molecule is CCCCCC1CCC(C2CCC(c3c(F)c(F)c(C(F)(F)C(F)(F)C(F)(F)C(F)(F)C(F)(F)C(F)(F)C(F)(F)C(F)(F)F)c(F)c3F)CC2)CC1. The summed E-state index contributed by atoms with van der Waals surface area (Å²) in [5.41, 5.74) is -5.81. The van der Waals surface area contributed by atoms with Crippen LogP contribution in [0.2, 0.25) is 0 Å². The topological polar surface area (TPSA) is 0 Å².